The Morgan fingerprint density at radius 1 is 1.14 bits per heavy atom. The molecular weight excluding hydrogens is 352 g/mol. The number of fused-ring (bicyclic) bond motifs is 2. The summed E-state index contributed by atoms with van der Waals surface area (Å²) in [4.78, 5) is 39.4. The number of aryl methyl sites for hydroxylation is 3. The van der Waals surface area contributed by atoms with Crippen molar-refractivity contribution in [2.75, 3.05) is 13.1 Å². The van der Waals surface area contributed by atoms with Crippen LogP contribution in [0.2, 0.25) is 0 Å². The van der Waals surface area contributed by atoms with Gasteiger partial charge in [0, 0.05) is 36.2 Å². The number of amides is 1. The zero-order chi connectivity index (χ0) is 19.8. The van der Waals surface area contributed by atoms with Gasteiger partial charge in [-0.05, 0) is 50.5 Å². The second-order valence-corrected chi connectivity index (χ2v) is 7.39. The van der Waals surface area contributed by atoms with E-state index in [9.17, 15) is 9.59 Å². The van der Waals surface area contributed by atoms with Crippen molar-refractivity contribution >= 4 is 16.8 Å². The number of aromatic amines is 1. The van der Waals surface area contributed by atoms with Gasteiger partial charge in [0.15, 0.2) is 0 Å². The fourth-order valence-electron chi connectivity index (χ4n) is 3.91. The highest BCUT2D eigenvalue weighted by Crippen LogP contribution is 2.23. The molecule has 1 N–H and O–H groups in total. The summed E-state index contributed by atoms with van der Waals surface area (Å²) in [5, 5.41) is 0.892. The predicted octanol–water partition coefficient (Wildman–Crippen LogP) is 2.74. The van der Waals surface area contributed by atoms with Crippen LogP contribution in [0.1, 0.15) is 45.6 Å². The zero-order valence-corrected chi connectivity index (χ0v) is 16.5. The molecule has 0 saturated heterocycles. The molecule has 2 aromatic heterocycles. The molecule has 144 valence electrons. The van der Waals surface area contributed by atoms with E-state index in [0.29, 0.717) is 42.9 Å². The highest BCUT2D eigenvalue weighted by molar-refractivity contribution is 6.06. The van der Waals surface area contributed by atoms with Gasteiger partial charge in [-0.25, -0.2) is 4.98 Å². The molecule has 1 aliphatic heterocycles. The third-order valence-corrected chi connectivity index (χ3v) is 5.40. The molecule has 0 fully saturated rings. The number of aromatic nitrogens is 3. The largest absolute Gasteiger partial charge is 0.338 e. The van der Waals surface area contributed by atoms with Crippen molar-refractivity contribution in [2.45, 2.75) is 40.0 Å². The number of nitrogens with one attached hydrogen (secondary N) is 1. The zero-order valence-electron chi connectivity index (χ0n) is 16.5. The van der Waals surface area contributed by atoms with Gasteiger partial charge in [-0.15, -0.1) is 0 Å². The van der Waals surface area contributed by atoms with E-state index in [4.69, 9.17) is 0 Å². The van der Waals surface area contributed by atoms with Gasteiger partial charge < -0.3 is 9.88 Å². The number of H-pyrrole nitrogens is 1. The first-order valence-electron chi connectivity index (χ1n) is 9.74. The lowest BCUT2D eigenvalue weighted by atomic mass is 10.0. The van der Waals surface area contributed by atoms with Crippen LogP contribution in [0.4, 0.5) is 0 Å². The molecule has 6 heteroatoms. The normalized spacial score (nSPS) is 14.0. The minimum Gasteiger partial charge on any atom is -0.338 e. The van der Waals surface area contributed by atoms with Crippen LogP contribution in [0.15, 0.2) is 29.1 Å². The third kappa shape index (κ3) is 3.30. The third-order valence-electron chi connectivity index (χ3n) is 5.40. The summed E-state index contributed by atoms with van der Waals surface area (Å²) in [5.74, 6) is 0.607. The van der Waals surface area contributed by atoms with Crippen LogP contribution in [-0.2, 0) is 19.3 Å². The van der Waals surface area contributed by atoms with Crippen molar-refractivity contribution in [1.29, 1.82) is 0 Å². The van der Waals surface area contributed by atoms with Crippen LogP contribution in [-0.4, -0.2) is 38.8 Å². The summed E-state index contributed by atoms with van der Waals surface area (Å²) in [6.45, 7) is 6.86. The van der Waals surface area contributed by atoms with Crippen LogP contribution in [0, 0.1) is 13.8 Å². The number of nitrogens with zero attached hydrogens (tertiary/aromatic N) is 3. The Bertz CT molecular complexity index is 1130. The lowest BCUT2D eigenvalue weighted by Crippen LogP contribution is -2.33. The monoisotopic (exact) mass is 376 g/mol. The highest BCUT2D eigenvalue weighted by Gasteiger charge is 2.24. The molecule has 0 saturated carbocycles. The SMILES string of the molecule is CCc1ccc2nc(C)cc(C(=O)N3CCc4nc(C)[nH]c(=O)c4CC3)c2c1. The molecule has 0 radical (unpaired) electrons. The van der Waals surface area contributed by atoms with E-state index in [-0.39, 0.29) is 11.5 Å². The van der Waals surface area contributed by atoms with Gasteiger partial charge in [-0.3, -0.25) is 14.6 Å². The molecule has 4 rings (SSSR count). The van der Waals surface area contributed by atoms with Crippen molar-refractivity contribution in [1.82, 2.24) is 19.9 Å². The Morgan fingerprint density at radius 3 is 2.71 bits per heavy atom. The summed E-state index contributed by atoms with van der Waals surface area (Å²) < 4.78 is 0. The Kier molecular flexibility index (Phi) is 4.71. The van der Waals surface area contributed by atoms with E-state index in [1.54, 1.807) is 6.92 Å². The Morgan fingerprint density at radius 2 is 1.93 bits per heavy atom. The molecule has 0 aliphatic carbocycles. The molecule has 3 heterocycles. The summed E-state index contributed by atoms with van der Waals surface area (Å²) in [6, 6.07) is 7.99. The van der Waals surface area contributed by atoms with Crippen molar-refractivity contribution in [3.63, 3.8) is 0 Å². The molecule has 6 nitrogen and oxygen atoms in total. The average molecular weight is 376 g/mol. The van der Waals surface area contributed by atoms with Crippen LogP contribution < -0.4 is 5.56 Å². The first-order valence-corrected chi connectivity index (χ1v) is 9.74. The van der Waals surface area contributed by atoms with Crippen molar-refractivity contribution < 1.29 is 4.79 Å². The lowest BCUT2D eigenvalue weighted by Gasteiger charge is -2.21. The minimum atomic E-state index is -0.0883. The molecule has 1 aromatic carbocycles. The van der Waals surface area contributed by atoms with Crippen LogP contribution >= 0.6 is 0 Å². The van der Waals surface area contributed by atoms with Gasteiger partial charge >= 0.3 is 0 Å². The van der Waals surface area contributed by atoms with Gasteiger partial charge in [-0.2, -0.15) is 0 Å². The number of carbonyl (C=O) groups is 1. The smallest absolute Gasteiger partial charge is 0.254 e. The summed E-state index contributed by atoms with van der Waals surface area (Å²) in [5.41, 5.74) is 4.95. The van der Waals surface area contributed by atoms with Gasteiger partial charge in [-0.1, -0.05) is 13.0 Å². The van der Waals surface area contributed by atoms with Crippen molar-refractivity contribution in [3.05, 3.63) is 68.5 Å². The first-order chi connectivity index (χ1) is 13.5. The van der Waals surface area contributed by atoms with E-state index < -0.39 is 0 Å². The van der Waals surface area contributed by atoms with E-state index in [1.807, 2.05) is 24.0 Å². The molecule has 0 unspecified atom stereocenters. The van der Waals surface area contributed by atoms with Gasteiger partial charge in [0.2, 0.25) is 0 Å². The molecule has 0 spiro atoms. The lowest BCUT2D eigenvalue weighted by molar-refractivity contribution is 0.0764. The first kappa shape index (κ1) is 18.3. The number of benzene rings is 1. The Balaban J connectivity index is 1.70. The summed E-state index contributed by atoms with van der Waals surface area (Å²) in [7, 11) is 0. The second kappa shape index (κ2) is 7.19. The summed E-state index contributed by atoms with van der Waals surface area (Å²) in [6.07, 6.45) is 2.02. The molecule has 0 atom stereocenters. The quantitative estimate of drug-likeness (QED) is 0.746. The molecule has 28 heavy (non-hydrogen) atoms. The number of carbonyl (C=O) groups excluding carboxylic acids is 1. The van der Waals surface area contributed by atoms with Crippen LogP contribution in [0.25, 0.3) is 10.9 Å². The second-order valence-electron chi connectivity index (χ2n) is 7.39. The van der Waals surface area contributed by atoms with E-state index in [2.05, 4.69) is 34.0 Å². The van der Waals surface area contributed by atoms with Gasteiger partial charge in [0.05, 0.1) is 16.8 Å². The fraction of sp³-hybridized carbons (Fsp3) is 0.364. The number of hydrogen-bond acceptors (Lipinski definition) is 4. The molecule has 1 aliphatic rings. The van der Waals surface area contributed by atoms with E-state index in [1.165, 1.54) is 5.56 Å². The standard InChI is InChI=1S/C22H24N4O2/c1-4-15-5-6-19-17(12-15)18(11-13(2)23-19)22(28)26-9-7-16-20(8-10-26)24-14(3)25-21(16)27/h5-6,11-12H,4,7-10H2,1-3H3,(H,24,25,27). The maximum absolute atomic E-state index is 13.4. The maximum Gasteiger partial charge on any atom is 0.254 e. The predicted molar refractivity (Wildman–Crippen MR) is 109 cm³/mol. The number of rotatable bonds is 2. The van der Waals surface area contributed by atoms with E-state index in [0.717, 1.165) is 28.7 Å². The minimum absolute atomic E-state index is 0.00953. The van der Waals surface area contributed by atoms with Gasteiger partial charge in [0.1, 0.15) is 5.82 Å². The number of hydrogen-bond donors (Lipinski definition) is 1. The van der Waals surface area contributed by atoms with Crippen LogP contribution in [0.3, 0.4) is 0 Å². The highest BCUT2D eigenvalue weighted by atomic mass is 16.2. The number of pyridine rings is 1. The Labute approximate surface area is 163 Å². The van der Waals surface area contributed by atoms with Crippen molar-refractivity contribution in [2.24, 2.45) is 0 Å². The van der Waals surface area contributed by atoms with Gasteiger partial charge in [0.25, 0.3) is 11.5 Å². The van der Waals surface area contributed by atoms with Crippen molar-refractivity contribution in [3.8, 4) is 0 Å². The molecular formula is C22H24N4O2. The molecule has 0 bridgehead atoms. The molecule has 1 amide bonds. The van der Waals surface area contributed by atoms with Crippen LogP contribution in [0.5, 0.6) is 0 Å². The maximum atomic E-state index is 13.4. The topological polar surface area (TPSA) is 79.0 Å². The average Bonchev–Trinajstić information content (AvgIpc) is 2.89. The molecule has 3 aromatic rings. The Hall–Kier alpha value is -3.02. The fourth-order valence-corrected chi connectivity index (χ4v) is 3.91. The van der Waals surface area contributed by atoms with E-state index >= 15 is 0 Å². The summed E-state index contributed by atoms with van der Waals surface area (Å²) >= 11 is 0.